The molecule has 1 aliphatic heterocycles. The van der Waals surface area contributed by atoms with Gasteiger partial charge in [-0.2, -0.15) is 4.31 Å². The second-order valence-electron chi connectivity index (χ2n) is 7.51. The molecule has 8 nitrogen and oxygen atoms in total. The summed E-state index contributed by atoms with van der Waals surface area (Å²) in [5, 5.41) is 11.1. The van der Waals surface area contributed by atoms with Crippen molar-refractivity contribution in [1.82, 2.24) is 9.21 Å². The third-order valence-corrected chi connectivity index (χ3v) is 7.73. The lowest BCUT2D eigenvalue weighted by Gasteiger charge is -2.25. The molecule has 2 aromatic rings. The van der Waals surface area contributed by atoms with Crippen LogP contribution < -0.4 is 0 Å². The van der Waals surface area contributed by atoms with Gasteiger partial charge in [0, 0.05) is 32.3 Å². The van der Waals surface area contributed by atoms with E-state index >= 15 is 0 Å². The summed E-state index contributed by atoms with van der Waals surface area (Å²) in [4.78, 5) is 27.1. The predicted octanol–water partition coefficient (Wildman–Crippen LogP) is 2.79. The van der Waals surface area contributed by atoms with Gasteiger partial charge in [0.05, 0.1) is 23.1 Å². The molecule has 176 valence electrons. The zero-order chi connectivity index (χ0) is 24.2. The van der Waals surface area contributed by atoms with Crippen molar-refractivity contribution in [2.75, 3.05) is 33.4 Å². The number of hydrogen-bond donors (Lipinski definition) is 1. The maximum atomic E-state index is 12.9. The highest BCUT2D eigenvalue weighted by Gasteiger charge is 2.45. The molecule has 1 unspecified atom stereocenters. The number of likely N-dealkylation sites (tertiary alicyclic amines) is 1. The van der Waals surface area contributed by atoms with Gasteiger partial charge in [-0.15, -0.1) is 0 Å². The molecule has 33 heavy (non-hydrogen) atoms. The van der Waals surface area contributed by atoms with Crippen molar-refractivity contribution in [1.29, 1.82) is 0 Å². The molecule has 1 N–H and O–H groups in total. The molecule has 0 bridgehead atoms. The van der Waals surface area contributed by atoms with Gasteiger partial charge < -0.3 is 14.7 Å². The molecule has 9 heteroatoms. The first-order valence-corrected chi connectivity index (χ1v) is 12.1. The van der Waals surface area contributed by atoms with Crippen LogP contribution in [0.5, 0.6) is 0 Å². The van der Waals surface area contributed by atoms with Crippen LogP contribution in [0, 0.1) is 0 Å². The summed E-state index contributed by atoms with van der Waals surface area (Å²) in [7, 11) is -2.16. The maximum absolute atomic E-state index is 12.9. The van der Waals surface area contributed by atoms with Crippen molar-refractivity contribution < 1.29 is 27.9 Å². The molecule has 1 atom stereocenters. The van der Waals surface area contributed by atoms with Crippen LogP contribution in [-0.2, 0) is 24.3 Å². The van der Waals surface area contributed by atoms with Gasteiger partial charge >= 0.3 is 0 Å². The van der Waals surface area contributed by atoms with Gasteiger partial charge in [-0.25, -0.2) is 8.42 Å². The van der Waals surface area contributed by atoms with E-state index in [0.29, 0.717) is 18.7 Å². The summed E-state index contributed by atoms with van der Waals surface area (Å²) in [5.41, 5.74) is 0.885. The fraction of sp³-hybridized carbons (Fsp3) is 0.333. The number of carbonyl (C=O) groups is 2. The standard InChI is InChI=1S/C24H28N2O6S/c1-4-25(5-2)33(30,31)19-13-11-18(12-14-19)22(27)20-21(17-9-7-6-8-10-17)26(15-16-32-3)24(29)23(20)28/h6-14,21,27H,4-5,15-16H2,1-3H3. The Morgan fingerprint density at radius 1 is 1.03 bits per heavy atom. The van der Waals surface area contributed by atoms with Crippen molar-refractivity contribution >= 4 is 27.5 Å². The molecule has 1 aliphatic rings. The van der Waals surface area contributed by atoms with E-state index in [1.165, 1.54) is 40.6 Å². The number of carbonyl (C=O) groups excluding carboxylic acids is 2. The number of hydrogen-bond acceptors (Lipinski definition) is 6. The van der Waals surface area contributed by atoms with Gasteiger partial charge in [0.2, 0.25) is 10.0 Å². The van der Waals surface area contributed by atoms with E-state index in [1.807, 2.05) is 6.07 Å². The lowest BCUT2D eigenvalue weighted by molar-refractivity contribution is -0.140. The molecule has 1 saturated heterocycles. The molecule has 0 saturated carbocycles. The van der Waals surface area contributed by atoms with Gasteiger partial charge in [0.15, 0.2) is 0 Å². The van der Waals surface area contributed by atoms with Crippen LogP contribution in [0.3, 0.4) is 0 Å². The molecule has 1 amide bonds. The van der Waals surface area contributed by atoms with E-state index in [0.717, 1.165) is 0 Å². The van der Waals surface area contributed by atoms with Crippen LogP contribution in [0.2, 0.25) is 0 Å². The average Bonchev–Trinajstić information content (AvgIpc) is 3.08. The van der Waals surface area contributed by atoms with Crippen molar-refractivity contribution in [3.63, 3.8) is 0 Å². The Kier molecular flexibility index (Phi) is 7.68. The minimum atomic E-state index is -3.66. The van der Waals surface area contributed by atoms with E-state index in [4.69, 9.17) is 4.74 Å². The molecule has 1 heterocycles. The molecule has 0 radical (unpaired) electrons. The van der Waals surface area contributed by atoms with E-state index in [1.54, 1.807) is 38.1 Å². The molecule has 0 aromatic heterocycles. The Morgan fingerprint density at radius 2 is 1.64 bits per heavy atom. The summed E-state index contributed by atoms with van der Waals surface area (Å²) in [6.45, 7) is 4.60. The Morgan fingerprint density at radius 3 is 2.18 bits per heavy atom. The van der Waals surface area contributed by atoms with Crippen LogP contribution in [0.25, 0.3) is 5.76 Å². The zero-order valence-corrected chi connectivity index (χ0v) is 19.7. The van der Waals surface area contributed by atoms with Crippen LogP contribution in [-0.4, -0.2) is 67.8 Å². The fourth-order valence-electron chi connectivity index (χ4n) is 3.94. The highest BCUT2D eigenvalue weighted by molar-refractivity contribution is 7.89. The number of aliphatic hydroxyl groups excluding tert-OH is 1. The van der Waals surface area contributed by atoms with Crippen molar-refractivity contribution in [2.24, 2.45) is 0 Å². The molecular weight excluding hydrogens is 444 g/mol. The van der Waals surface area contributed by atoms with Crippen LogP contribution in [0.1, 0.15) is 31.0 Å². The average molecular weight is 473 g/mol. The minimum absolute atomic E-state index is 0.0401. The van der Waals surface area contributed by atoms with Crippen molar-refractivity contribution in [3.05, 3.63) is 71.3 Å². The SMILES string of the molecule is CCN(CC)S(=O)(=O)c1ccc(C(O)=C2C(=O)C(=O)N(CCOC)C2c2ccccc2)cc1. The summed E-state index contributed by atoms with van der Waals surface area (Å²) in [6, 6.07) is 13.8. The number of aliphatic hydroxyl groups is 1. The monoisotopic (exact) mass is 472 g/mol. The number of benzene rings is 2. The minimum Gasteiger partial charge on any atom is -0.507 e. The van der Waals surface area contributed by atoms with Crippen LogP contribution in [0.15, 0.2) is 65.1 Å². The van der Waals surface area contributed by atoms with E-state index < -0.39 is 27.8 Å². The van der Waals surface area contributed by atoms with E-state index in [9.17, 15) is 23.1 Å². The molecule has 1 fully saturated rings. The number of rotatable bonds is 9. The highest BCUT2D eigenvalue weighted by Crippen LogP contribution is 2.39. The number of ketones is 1. The Balaban J connectivity index is 2.07. The van der Waals surface area contributed by atoms with Crippen LogP contribution >= 0.6 is 0 Å². The summed E-state index contributed by atoms with van der Waals surface area (Å²) in [6.07, 6.45) is 0. The first-order valence-electron chi connectivity index (χ1n) is 10.7. The van der Waals surface area contributed by atoms with E-state index in [-0.39, 0.29) is 34.9 Å². The van der Waals surface area contributed by atoms with Crippen molar-refractivity contribution in [3.8, 4) is 0 Å². The topological polar surface area (TPSA) is 104 Å². The predicted molar refractivity (Wildman–Crippen MR) is 124 cm³/mol. The normalized spacial score (nSPS) is 18.3. The molecule has 2 aromatic carbocycles. The Labute approximate surface area is 194 Å². The van der Waals surface area contributed by atoms with Gasteiger partial charge in [0.1, 0.15) is 5.76 Å². The van der Waals surface area contributed by atoms with Gasteiger partial charge in [-0.05, 0) is 29.8 Å². The fourth-order valence-corrected chi connectivity index (χ4v) is 5.39. The van der Waals surface area contributed by atoms with E-state index in [2.05, 4.69) is 0 Å². The molecule has 0 aliphatic carbocycles. The molecule has 0 spiro atoms. The quantitative estimate of drug-likeness (QED) is 0.342. The number of nitrogens with zero attached hydrogens (tertiary/aromatic N) is 2. The second-order valence-corrected chi connectivity index (χ2v) is 9.45. The zero-order valence-electron chi connectivity index (χ0n) is 18.9. The first kappa shape index (κ1) is 24.6. The third-order valence-electron chi connectivity index (χ3n) is 5.66. The summed E-state index contributed by atoms with van der Waals surface area (Å²) in [5.74, 6) is -1.87. The summed E-state index contributed by atoms with van der Waals surface area (Å²) < 4.78 is 31.9. The second kappa shape index (κ2) is 10.3. The lowest BCUT2D eigenvalue weighted by atomic mass is 9.95. The number of Topliss-reactive ketones (excluding diaryl/α,β-unsaturated/α-hetero) is 1. The Bertz CT molecular complexity index is 1140. The molecular formula is C24H28N2O6S. The number of amides is 1. The highest BCUT2D eigenvalue weighted by atomic mass is 32.2. The van der Waals surface area contributed by atoms with Gasteiger partial charge in [0.25, 0.3) is 11.7 Å². The van der Waals surface area contributed by atoms with Crippen LogP contribution in [0.4, 0.5) is 0 Å². The first-order chi connectivity index (χ1) is 15.8. The maximum Gasteiger partial charge on any atom is 0.295 e. The number of sulfonamides is 1. The number of methoxy groups -OCH3 is 1. The third kappa shape index (κ3) is 4.71. The Hall–Kier alpha value is -3.01. The largest absolute Gasteiger partial charge is 0.507 e. The van der Waals surface area contributed by atoms with Gasteiger partial charge in [-0.1, -0.05) is 44.2 Å². The molecule has 3 rings (SSSR count). The van der Waals surface area contributed by atoms with Gasteiger partial charge in [-0.3, -0.25) is 9.59 Å². The van der Waals surface area contributed by atoms with Crippen molar-refractivity contribution in [2.45, 2.75) is 24.8 Å². The summed E-state index contributed by atoms with van der Waals surface area (Å²) >= 11 is 0. The number of ether oxygens (including phenoxy) is 1. The smallest absolute Gasteiger partial charge is 0.295 e. The lowest BCUT2D eigenvalue weighted by Crippen LogP contribution is -2.32.